The molecule has 1 aliphatic rings. The fraction of sp³-hybridized carbons (Fsp3) is 0.556. The number of carboxylic acid groups (broad SMARTS) is 1. The van der Waals surface area contributed by atoms with Crippen molar-refractivity contribution >= 4 is 12.1 Å². The number of carbonyl (C=O) groups excluding carboxylic acids is 1. The van der Waals surface area contributed by atoms with Gasteiger partial charge in [0.15, 0.2) is 0 Å². The molecule has 0 atom stereocenters. The molecule has 0 bridgehead atoms. The Labute approximate surface area is 86.5 Å². The molecule has 1 rings (SSSR count). The summed E-state index contributed by atoms with van der Waals surface area (Å²) in [4.78, 5) is 22.0. The number of hydrogen-bond donors (Lipinski definition) is 3. The zero-order valence-corrected chi connectivity index (χ0v) is 8.10. The second kappa shape index (κ2) is 4.31. The second-order valence-corrected chi connectivity index (χ2v) is 3.46. The van der Waals surface area contributed by atoms with Crippen LogP contribution in [0.15, 0.2) is 12.7 Å². The van der Waals surface area contributed by atoms with Crippen molar-refractivity contribution in [2.24, 2.45) is 0 Å². The third kappa shape index (κ3) is 2.47. The number of carboxylic acids is 1. The molecule has 84 valence electrons. The molecule has 0 radical (unpaired) electrons. The molecular weight excluding hydrogens is 202 g/mol. The molecule has 1 amide bonds. The van der Waals surface area contributed by atoms with Crippen LogP contribution < -0.4 is 5.32 Å². The zero-order chi connectivity index (χ0) is 11.5. The Balaban J connectivity index is 2.50. The Morgan fingerprint density at radius 2 is 2.20 bits per heavy atom. The maximum Gasteiger partial charge on any atom is 0.408 e. The van der Waals surface area contributed by atoms with Gasteiger partial charge in [0.25, 0.3) is 0 Å². The number of aliphatic carboxylic acids is 1. The topological polar surface area (TPSA) is 95.9 Å². The average molecular weight is 215 g/mol. The quantitative estimate of drug-likeness (QED) is 0.568. The molecule has 1 aliphatic carbocycles. The van der Waals surface area contributed by atoms with Gasteiger partial charge in [0.05, 0.1) is 6.10 Å². The smallest absolute Gasteiger partial charge is 0.408 e. The Hall–Kier alpha value is -1.56. The molecular formula is C9H13NO5. The van der Waals surface area contributed by atoms with E-state index in [-0.39, 0.29) is 19.4 Å². The summed E-state index contributed by atoms with van der Waals surface area (Å²) in [7, 11) is 0. The summed E-state index contributed by atoms with van der Waals surface area (Å²) in [5, 5.41) is 20.2. The molecule has 0 unspecified atom stereocenters. The predicted molar refractivity (Wildman–Crippen MR) is 50.3 cm³/mol. The molecule has 0 aliphatic heterocycles. The molecule has 6 nitrogen and oxygen atoms in total. The van der Waals surface area contributed by atoms with Crippen molar-refractivity contribution in [2.45, 2.75) is 24.5 Å². The molecule has 0 spiro atoms. The third-order valence-electron chi connectivity index (χ3n) is 2.25. The number of nitrogens with one attached hydrogen (secondary N) is 1. The van der Waals surface area contributed by atoms with E-state index in [4.69, 9.17) is 10.2 Å². The van der Waals surface area contributed by atoms with Crippen LogP contribution in [0.5, 0.6) is 0 Å². The highest BCUT2D eigenvalue weighted by molar-refractivity contribution is 5.85. The molecule has 0 heterocycles. The zero-order valence-electron chi connectivity index (χ0n) is 8.10. The van der Waals surface area contributed by atoms with E-state index >= 15 is 0 Å². The highest BCUT2D eigenvalue weighted by atomic mass is 16.5. The van der Waals surface area contributed by atoms with E-state index in [1.165, 1.54) is 6.08 Å². The Morgan fingerprint density at radius 3 is 2.60 bits per heavy atom. The Morgan fingerprint density at radius 1 is 1.60 bits per heavy atom. The minimum absolute atomic E-state index is 0.00548. The lowest BCUT2D eigenvalue weighted by Crippen LogP contribution is -2.64. The van der Waals surface area contributed by atoms with Crippen molar-refractivity contribution in [1.82, 2.24) is 5.32 Å². The maximum absolute atomic E-state index is 11.1. The van der Waals surface area contributed by atoms with Gasteiger partial charge in [-0.15, -0.1) is 0 Å². The maximum atomic E-state index is 11.1. The largest absolute Gasteiger partial charge is 0.479 e. The van der Waals surface area contributed by atoms with E-state index < -0.39 is 23.7 Å². The minimum Gasteiger partial charge on any atom is -0.479 e. The Kier molecular flexibility index (Phi) is 3.31. The Bertz CT molecular complexity index is 282. The minimum atomic E-state index is -1.38. The molecule has 0 aromatic carbocycles. The van der Waals surface area contributed by atoms with Gasteiger partial charge in [-0.3, -0.25) is 0 Å². The van der Waals surface area contributed by atoms with Crippen LogP contribution >= 0.6 is 0 Å². The van der Waals surface area contributed by atoms with Crippen LogP contribution in [-0.2, 0) is 9.53 Å². The van der Waals surface area contributed by atoms with Crippen LogP contribution in [0.25, 0.3) is 0 Å². The van der Waals surface area contributed by atoms with Crippen LogP contribution in [0.3, 0.4) is 0 Å². The third-order valence-corrected chi connectivity index (χ3v) is 2.25. The van der Waals surface area contributed by atoms with Crippen molar-refractivity contribution < 1.29 is 24.5 Å². The summed E-state index contributed by atoms with van der Waals surface area (Å²) in [5.41, 5.74) is -1.38. The number of amides is 1. The monoisotopic (exact) mass is 215 g/mol. The highest BCUT2D eigenvalue weighted by Gasteiger charge is 2.51. The van der Waals surface area contributed by atoms with Crippen LogP contribution in [0.2, 0.25) is 0 Å². The van der Waals surface area contributed by atoms with E-state index in [1.807, 2.05) is 0 Å². The van der Waals surface area contributed by atoms with Crippen LogP contribution in [-0.4, -0.2) is 40.5 Å². The molecule has 0 saturated heterocycles. The van der Waals surface area contributed by atoms with Crippen LogP contribution in [0, 0.1) is 0 Å². The van der Waals surface area contributed by atoms with Crippen molar-refractivity contribution in [3.8, 4) is 0 Å². The standard InChI is InChI=1S/C9H13NO5/c1-2-3-15-8(14)10-9(7(12)13)4-6(11)5-9/h2,6,11H,1,3-5H2,(H,10,14)(H,12,13). The molecule has 0 aromatic rings. The van der Waals surface area contributed by atoms with Gasteiger partial charge in [-0.25, -0.2) is 9.59 Å². The van der Waals surface area contributed by atoms with E-state index in [0.29, 0.717) is 0 Å². The summed E-state index contributed by atoms with van der Waals surface area (Å²) in [6, 6.07) is 0. The lowest BCUT2D eigenvalue weighted by molar-refractivity contribution is -0.154. The average Bonchev–Trinajstić information content (AvgIpc) is 2.11. The van der Waals surface area contributed by atoms with E-state index in [9.17, 15) is 9.59 Å². The van der Waals surface area contributed by atoms with Crippen molar-refractivity contribution in [1.29, 1.82) is 0 Å². The number of ether oxygens (including phenoxy) is 1. The van der Waals surface area contributed by atoms with Gasteiger partial charge in [0.2, 0.25) is 0 Å². The number of alkyl carbamates (subject to hydrolysis) is 1. The summed E-state index contributed by atoms with van der Waals surface area (Å²) in [6.45, 7) is 3.37. The van der Waals surface area contributed by atoms with Crippen molar-refractivity contribution in [2.75, 3.05) is 6.61 Å². The fourth-order valence-corrected chi connectivity index (χ4v) is 1.44. The van der Waals surface area contributed by atoms with Gasteiger partial charge in [-0.1, -0.05) is 12.7 Å². The number of aliphatic hydroxyl groups is 1. The van der Waals surface area contributed by atoms with E-state index in [2.05, 4.69) is 16.6 Å². The molecule has 6 heteroatoms. The molecule has 1 saturated carbocycles. The van der Waals surface area contributed by atoms with E-state index in [0.717, 1.165) is 0 Å². The molecule has 1 fully saturated rings. The fourth-order valence-electron chi connectivity index (χ4n) is 1.44. The first kappa shape index (κ1) is 11.5. The molecule has 15 heavy (non-hydrogen) atoms. The first-order chi connectivity index (χ1) is 7.00. The summed E-state index contributed by atoms with van der Waals surface area (Å²) < 4.78 is 4.59. The summed E-state index contributed by atoms with van der Waals surface area (Å²) in [5.74, 6) is -1.16. The molecule has 3 N–H and O–H groups in total. The van der Waals surface area contributed by atoms with Crippen LogP contribution in [0.1, 0.15) is 12.8 Å². The normalized spacial score (nSPS) is 28.7. The second-order valence-electron chi connectivity index (χ2n) is 3.46. The van der Waals surface area contributed by atoms with Gasteiger partial charge in [0, 0.05) is 12.8 Å². The van der Waals surface area contributed by atoms with Gasteiger partial charge in [-0.05, 0) is 0 Å². The summed E-state index contributed by atoms with van der Waals surface area (Å²) in [6.07, 6.45) is -0.107. The first-order valence-corrected chi connectivity index (χ1v) is 4.47. The van der Waals surface area contributed by atoms with Gasteiger partial charge in [-0.2, -0.15) is 0 Å². The van der Waals surface area contributed by atoms with E-state index in [1.54, 1.807) is 0 Å². The number of hydrogen-bond acceptors (Lipinski definition) is 4. The van der Waals surface area contributed by atoms with Gasteiger partial charge in [0.1, 0.15) is 12.1 Å². The first-order valence-electron chi connectivity index (χ1n) is 4.47. The van der Waals surface area contributed by atoms with Crippen molar-refractivity contribution in [3.05, 3.63) is 12.7 Å². The lowest BCUT2D eigenvalue weighted by Gasteiger charge is -2.41. The summed E-state index contributed by atoms with van der Waals surface area (Å²) >= 11 is 0. The number of aliphatic hydroxyl groups excluding tert-OH is 1. The highest BCUT2D eigenvalue weighted by Crippen LogP contribution is 2.32. The SMILES string of the molecule is C=CCOC(=O)NC1(C(=O)O)CC(O)C1. The predicted octanol–water partition coefficient (Wildman–Crippen LogP) is -0.123. The van der Waals surface area contributed by atoms with Gasteiger partial charge < -0.3 is 20.3 Å². The number of rotatable bonds is 4. The molecule has 0 aromatic heterocycles. The van der Waals surface area contributed by atoms with Gasteiger partial charge >= 0.3 is 12.1 Å². The van der Waals surface area contributed by atoms with Crippen molar-refractivity contribution in [3.63, 3.8) is 0 Å². The van der Waals surface area contributed by atoms with Crippen LogP contribution in [0.4, 0.5) is 4.79 Å². The number of carbonyl (C=O) groups is 2. The lowest BCUT2D eigenvalue weighted by atomic mass is 9.74.